The smallest absolute Gasteiger partial charge is 0.0679 e. The molecule has 0 aromatic heterocycles. The molecule has 1 saturated carbocycles. The van der Waals surface area contributed by atoms with Crippen LogP contribution < -0.4 is 0 Å². The van der Waals surface area contributed by atoms with Crippen molar-refractivity contribution in [1.82, 2.24) is 4.90 Å². The number of rotatable bonds is 2. The van der Waals surface area contributed by atoms with Crippen molar-refractivity contribution in [2.24, 2.45) is 5.41 Å². The van der Waals surface area contributed by atoms with Gasteiger partial charge in [-0.2, -0.15) is 0 Å². The van der Waals surface area contributed by atoms with Gasteiger partial charge < -0.3 is 10.0 Å². The van der Waals surface area contributed by atoms with Gasteiger partial charge in [-0.25, -0.2) is 0 Å². The van der Waals surface area contributed by atoms with Gasteiger partial charge in [0, 0.05) is 19.6 Å². The van der Waals surface area contributed by atoms with Crippen LogP contribution in [0.4, 0.5) is 0 Å². The minimum absolute atomic E-state index is 0.0475. The lowest BCUT2D eigenvalue weighted by atomic mass is 9.70. The molecule has 0 bridgehead atoms. The van der Waals surface area contributed by atoms with Gasteiger partial charge in [0.15, 0.2) is 0 Å². The quantitative estimate of drug-likeness (QED) is 0.672. The summed E-state index contributed by atoms with van der Waals surface area (Å²) in [5.74, 6) is 0. The highest BCUT2D eigenvalue weighted by atomic mass is 16.3. The van der Waals surface area contributed by atoms with Crippen molar-refractivity contribution in [2.75, 3.05) is 19.6 Å². The summed E-state index contributed by atoms with van der Waals surface area (Å²) in [6.07, 6.45) is 5.12. The van der Waals surface area contributed by atoms with Crippen molar-refractivity contribution in [3.05, 3.63) is 0 Å². The number of likely N-dealkylation sites (tertiary alicyclic amines) is 1. The number of β-amino-alcohol motifs (C(OH)–C–C–N with tert-alkyl or cyclic N) is 1. The monoisotopic (exact) mass is 169 g/mol. The first-order valence-corrected chi connectivity index (χ1v) is 5.08. The SMILES string of the molecule is CC1(CN2CC[C@H](O)C2)CCC1. The lowest BCUT2D eigenvalue weighted by molar-refractivity contribution is 0.0882. The second-order valence-corrected chi connectivity index (χ2v) is 4.84. The first-order valence-electron chi connectivity index (χ1n) is 5.08. The fourth-order valence-corrected chi connectivity index (χ4v) is 2.43. The Morgan fingerprint density at radius 1 is 1.50 bits per heavy atom. The van der Waals surface area contributed by atoms with Crippen LogP contribution in [0.15, 0.2) is 0 Å². The molecule has 0 aromatic rings. The molecule has 1 N–H and O–H groups in total. The molecule has 2 fully saturated rings. The second-order valence-electron chi connectivity index (χ2n) is 4.84. The Hall–Kier alpha value is -0.0800. The Balaban J connectivity index is 1.79. The third-order valence-electron chi connectivity index (χ3n) is 3.41. The van der Waals surface area contributed by atoms with Crippen LogP contribution in [0.3, 0.4) is 0 Å². The number of nitrogens with zero attached hydrogens (tertiary/aromatic N) is 1. The zero-order chi connectivity index (χ0) is 8.60. The Labute approximate surface area is 74.6 Å². The van der Waals surface area contributed by atoms with E-state index in [4.69, 9.17) is 0 Å². The Bertz CT molecular complexity index is 165. The van der Waals surface area contributed by atoms with Crippen LogP contribution in [0.2, 0.25) is 0 Å². The standard InChI is InChI=1S/C10H19NO/c1-10(4-2-5-10)8-11-6-3-9(12)7-11/h9,12H,2-8H2,1H3/t9-/m0/s1. The minimum Gasteiger partial charge on any atom is -0.392 e. The normalized spacial score (nSPS) is 35.0. The van der Waals surface area contributed by atoms with Gasteiger partial charge in [0.2, 0.25) is 0 Å². The van der Waals surface area contributed by atoms with Gasteiger partial charge in [0.05, 0.1) is 6.10 Å². The number of aliphatic hydroxyl groups is 1. The number of hydrogen-bond donors (Lipinski definition) is 1. The van der Waals surface area contributed by atoms with E-state index in [1.165, 1.54) is 25.8 Å². The Morgan fingerprint density at radius 3 is 2.67 bits per heavy atom. The molecule has 1 heterocycles. The van der Waals surface area contributed by atoms with E-state index in [0.29, 0.717) is 5.41 Å². The summed E-state index contributed by atoms with van der Waals surface area (Å²) in [5.41, 5.74) is 0.587. The second kappa shape index (κ2) is 3.00. The highest BCUT2D eigenvalue weighted by Gasteiger charge is 2.35. The highest BCUT2D eigenvalue weighted by Crippen LogP contribution is 2.41. The van der Waals surface area contributed by atoms with Gasteiger partial charge in [0.1, 0.15) is 0 Å². The molecule has 2 rings (SSSR count). The predicted molar refractivity (Wildman–Crippen MR) is 49.0 cm³/mol. The molecule has 2 heteroatoms. The summed E-state index contributed by atoms with van der Waals surface area (Å²) < 4.78 is 0. The van der Waals surface area contributed by atoms with Gasteiger partial charge in [-0.1, -0.05) is 13.3 Å². The van der Waals surface area contributed by atoms with Gasteiger partial charge in [-0.05, 0) is 24.7 Å². The van der Waals surface area contributed by atoms with Gasteiger partial charge in [0.25, 0.3) is 0 Å². The van der Waals surface area contributed by atoms with Crippen LogP contribution >= 0.6 is 0 Å². The van der Waals surface area contributed by atoms with Crippen molar-refractivity contribution in [2.45, 2.75) is 38.7 Å². The van der Waals surface area contributed by atoms with Crippen molar-refractivity contribution in [3.63, 3.8) is 0 Å². The summed E-state index contributed by atoms with van der Waals surface area (Å²) in [6.45, 7) is 5.61. The van der Waals surface area contributed by atoms with E-state index in [2.05, 4.69) is 11.8 Å². The highest BCUT2D eigenvalue weighted by molar-refractivity contribution is 4.88. The topological polar surface area (TPSA) is 23.5 Å². The summed E-state index contributed by atoms with van der Waals surface area (Å²) >= 11 is 0. The number of aliphatic hydroxyl groups excluding tert-OH is 1. The van der Waals surface area contributed by atoms with E-state index in [0.717, 1.165) is 19.5 Å². The average molecular weight is 169 g/mol. The maximum atomic E-state index is 9.35. The van der Waals surface area contributed by atoms with Gasteiger partial charge in [-0.15, -0.1) is 0 Å². The summed E-state index contributed by atoms with van der Waals surface area (Å²) in [6, 6.07) is 0. The van der Waals surface area contributed by atoms with Crippen molar-refractivity contribution in [1.29, 1.82) is 0 Å². The molecule has 12 heavy (non-hydrogen) atoms. The molecule has 2 aliphatic rings. The third-order valence-corrected chi connectivity index (χ3v) is 3.41. The van der Waals surface area contributed by atoms with E-state index in [-0.39, 0.29) is 6.10 Å². The van der Waals surface area contributed by atoms with Crippen LogP contribution in [0, 0.1) is 5.41 Å². The molecule has 1 saturated heterocycles. The van der Waals surface area contributed by atoms with Crippen LogP contribution in [-0.4, -0.2) is 35.7 Å². The first kappa shape index (κ1) is 8.52. The van der Waals surface area contributed by atoms with Crippen LogP contribution in [0.5, 0.6) is 0 Å². The fourth-order valence-electron chi connectivity index (χ4n) is 2.43. The average Bonchev–Trinajstić information content (AvgIpc) is 2.32. The summed E-state index contributed by atoms with van der Waals surface area (Å²) in [4.78, 5) is 2.42. The Morgan fingerprint density at radius 2 is 2.25 bits per heavy atom. The zero-order valence-corrected chi connectivity index (χ0v) is 7.92. The summed E-state index contributed by atoms with van der Waals surface area (Å²) in [5, 5.41) is 9.35. The molecule has 0 aromatic carbocycles. The predicted octanol–water partition coefficient (Wildman–Crippen LogP) is 1.24. The summed E-state index contributed by atoms with van der Waals surface area (Å²) in [7, 11) is 0. The van der Waals surface area contributed by atoms with Crippen molar-refractivity contribution >= 4 is 0 Å². The molecule has 70 valence electrons. The molecule has 0 radical (unpaired) electrons. The van der Waals surface area contributed by atoms with E-state index >= 15 is 0 Å². The molecular formula is C10H19NO. The van der Waals surface area contributed by atoms with E-state index < -0.39 is 0 Å². The minimum atomic E-state index is -0.0475. The number of hydrogen-bond acceptors (Lipinski definition) is 2. The largest absolute Gasteiger partial charge is 0.392 e. The van der Waals surface area contributed by atoms with E-state index in [9.17, 15) is 5.11 Å². The van der Waals surface area contributed by atoms with E-state index in [1.807, 2.05) is 0 Å². The molecule has 0 spiro atoms. The maximum Gasteiger partial charge on any atom is 0.0679 e. The van der Waals surface area contributed by atoms with Crippen molar-refractivity contribution in [3.8, 4) is 0 Å². The molecule has 2 nitrogen and oxygen atoms in total. The lowest BCUT2D eigenvalue weighted by Crippen LogP contribution is -2.39. The molecule has 1 aliphatic carbocycles. The zero-order valence-electron chi connectivity index (χ0n) is 7.92. The van der Waals surface area contributed by atoms with Gasteiger partial charge in [-0.3, -0.25) is 0 Å². The van der Waals surface area contributed by atoms with Crippen LogP contribution in [0.1, 0.15) is 32.6 Å². The molecule has 1 atom stereocenters. The molecule has 0 amide bonds. The maximum absolute atomic E-state index is 9.35. The van der Waals surface area contributed by atoms with Crippen molar-refractivity contribution < 1.29 is 5.11 Å². The van der Waals surface area contributed by atoms with Crippen LogP contribution in [0.25, 0.3) is 0 Å². The fraction of sp³-hybridized carbons (Fsp3) is 1.00. The molecular weight excluding hydrogens is 150 g/mol. The molecule has 0 unspecified atom stereocenters. The Kier molecular flexibility index (Phi) is 2.13. The van der Waals surface area contributed by atoms with E-state index in [1.54, 1.807) is 0 Å². The molecule has 1 aliphatic heterocycles. The van der Waals surface area contributed by atoms with Crippen LogP contribution in [-0.2, 0) is 0 Å². The third kappa shape index (κ3) is 1.64. The van der Waals surface area contributed by atoms with Gasteiger partial charge >= 0.3 is 0 Å². The first-order chi connectivity index (χ1) is 5.68. The lowest BCUT2D eigenvalue weighted by Gasteiger charge is -2.41.